The van der Waals surface area contributed by atoms with Crippen LogP contribution in [0.15, 0.2) is 48.5 Å². The largest absolute Gasteiger partial charge is 0.394 e. The smallest absolute Gasteiger partial charge is 0.229 e. The van der Waals surface area contributed by atoms with Gasteiger partial charge < -0.3 is 25.2 Å². The van der Waals surface area contributed by atoms with Gasteiger partial charge in [-0.1, -0.05) is 36.4 Å². The summed E-state index contributed by atoms with van der Waals surface area (Å²) < 4.78 is 31.1. The van der Waals surface area contributed by atoms with Crippen molar-refractivity contribution in [2.24, 2.45) is 0 Å². The quantitative estimate of drug-likeness (QED) is 0.445. The molecule has 0 radical (unpaired) electrons. The third-order valence-corrected chi connectivity index (χ3v) is 5.51. The maximum absolute atomic E-state index is 11.5. The van der Waals surface area contributed by atoms with Gasteiger partial charge in [-0.2, -0.15) is 0 Å². The highest BCUT2D eigenvalue weighted by atomic mass is 32.2. The molecule has 1 aliphatic heterocycles. The van der Waals surface area contributed by atoms with Crippen LogP contribution >= 0.6 is 0 Å². The lowest BCUT2D eigenvalue weighted by atomic mass is 9.89. The molecular weight excluding hydrogens is 398 g/mol. The number of anilines is 1. The Hall–Kier alpha value is -2.01. The summed E-state index contributed by atoms with van der Waals surface area (Å²) in [5.41, 5.74) is 2.79. The number of rotatable bonds is 6. The molecule has 0 unspecified atom stereocenters. The van der Waals surface area contributed by atoms with E-state index in [0.717, 1.165) is 22.9 Å². The van der Waals surface area contributed by atoms with Gasteiger partial charge in [0.25, 0.3) is 0 Å². The van der Waals surface area contributed by atoms with Crippen LogP contribution in [0.25, 0.3) is 11.1 Å². The van der Waals surface area contributed by atoms with Gasteiger partial charge in [0.2, 0.25) is 10.0 Å². The Bertz CT molecular complexity index is 947. The van der Waals surface area contributed by atoms with Crippen molar-refractivity contribution < 1.29 is 33.6 Å². The number of hydrogen-bond acceptors (Lipinski definition) is 7. The zero-order chi connectivity index (χ0) is 21.2. The molecule has 2 aromatic carbocycles. The molecule has 3 rings (SSSR count). The van der Waals surface area contributed by atoms with Crippen LogP contribution in [-0.4, -0.2) is 72.2 Å². The van der Waals surface area contributed by atoms with Crippen LogP contribution in [0.4, 0.5) is 5.69 Å². The molecule has 1 aliphatic rings. The number of benzene rings is 2. The average Bonchev–Trinajstić information content (AvgIpc) is 2.67. The number of sulfonamides is 1. The van der Waals surface area contributed by atoms with E-state index in [9.17, 15) is 28.8 Å². The van der Waals surface area contributed by atoms with E-state index in [4.69, 9.17) is 4.74 Å². The molecule has 5 N–H and O–H groups in total. The number of aliphatic hydroxyl groups is 4. The van der Waals surface area contributed by atoms with Crippen molar-refractivity contribution in [2.45, 2.75) is 36.9 Å². The lowest BCUT2D eigenvalue weighted by molar-refractivity contribution is -0.228. The Morgan fingerprint density at radius 1 is 0.966 bits per heavy atom. The normalized spacial score (nSPS) is 27.6. The summed E-state index contributed by atoms with van der Waals surface area (Å²) in [6.07, 6.45) is -4.65. The van der Waals surface area contributed by atoms with E-state index in [1.165, 1.54) is 0 Å². The molecule has 5 atom stereocenters. The van der Waals surface area contributed by atoms with Crippen LogP contribution in [-0.2, 0) is 21.2 Å². The predicted molar refractivity (Wildman–Crippen MR) is 108 cm³/mol. The molecule has 0 aromatic heterocycles. The third-order valence-electron chi connectivity index (χ3n) is 4.91. The molecule has 29 heavy (non-hydrogen) atoms. The molecule has 9 heteroatoms. The van der Waals surface area contributed by atoms with Crippen LogP contribution in [0.1, 0.15) is 5.56 Å². The van der Waals surface area contributed by atoms with Gasteiger partial charge >= 0.3 is 0 Å². The molecule has 158 valence electrons. The van der Waals surface area contributed by atoms with Crippen molar-refractivity contribution in [3.8, 4) is 11.1 Å². The summed E-state index contributed by atoms with van der Waals surface area (Å²) >= 11 is 0. The fraction of sp³-hybridized carbons (Fsp3) is 0.400. The lowest BCUT2D eigenvalue weighted by Gasteiger charge is -2.40. The van der Waals surface area contributed by atoms with Gasteiger partial charge in [-0.15, -0.1) is 0 Å². The summed E-state index contributed by atoms with van der Waals surface area (Å²) in [6.45, 7) is -0.484. The molecule has 0 spiro atoms. The molecule has 1 fully saturated rings. The molecule has 1 saturated heterocycles. The van der Waals surface area contributed by atoms with Crippen LogP contribution in [0.2, 0.25) is 0 Å². The fourth-order valence-electron chi connectivity index (χ4n) is 3.51. The van der Waals surface area contributed by atoms with Crippen LogP contribution in [0.3, 0.4) is 0 Å². The highest BCUT2D eigenvalue weighted by Crippen LogP contribution is 2.30. The highest BCUT2D eigenvalue weighted by Gasteiger charge is 2.43. The second kappa shape index (κ2) is 8.78. The summed E-state index contributed by atoms with van der Waals surface area (Å²) in [5.74, 6) is 0. The molecule has 2 aromatic rings. The Kier molecular flexibility index (Phi) is 6.57. The Balaban J connectivity index is 1.89. The topological polar surface area (TPSA) is 136 Å². The molecule has 0 aliphatic carbocycles. The number of aliphatic hydroxyl groups excluding tert-OH is 4. The first-order valence-corrected chi connectivity index (χ1v) is 11.1. The van der Waals surface area contributed by atoms with Gasteiger partial charge in [-0.05, 0) is 28.8 Å². The minimum absolute atomic E-state index is 0.224. The molecular formula is C20H25NO7S. The van der Waals surface area contributed by atoms with Crippen LogP contribution < -0.4 is 4.72 Å². The lowest BCUT2D eigenvalue weighted by Crippen LogP contribution is -2.59. The SMILES string of the molecule is CS(=O)(=O)Nc1cccc(-c2ccccc2C[C@@H]2O[C@H](CO)[C@H](O)[C@H](O)[C@H]2O)c1. The third kappa shape index (κ3) is 5.13. The Labute approximate surface area is 169 Å². The maximum Gasteiger partial charge on any atom is 0.229 e. The van der Waals surface area contributed by atoms with Gasteiger partial charge in [0, 0.05) is 12.1 Å². The van der Waals surface area contributed by atoms with Crippen molar-refractivity contribution >= 4 is 15.7 Å². The Morgan fingerprint density at radius 3 is 2.34 bits per heavy atom. The van der Waals surface area contributed by atoms with Crippen LogP contribution in [0, 0.1) is 0 Å². The van der Waals surface area contributed by atoms with E-state index in [1.54, 1.807) is 18.2 Å². The number of nitrogens with one attached hydrogen (secondary N) is 1. The summed E-state index contributed by atoms with van der Waals surface area (Å²) in [5, 5.41) is 39.7. The standard InChI is InChI=1S/C20H25NO7S/c1-29(26,27)21-14-7-4-6-12(9-14)15-8-3-2-5-13(15)10-16-18(23)20(25)19(24)17(11-22)28-16/h2-9,16-25H,10-11H2,1H3/t16-,17+,18-,19-,20+/m0/s1. The summed E-state index contributed by atoms with van der Waals surface area (Å²) in [7, 11) is -3.41. The molecule has 1 heterocycles. The maximum atomic E-state index is 11.5. The average molecular weight is 423 g/mol. The van der Waals surface area contributed by atoms with Gasteiger partial charge in [-0.25, -0.2) is 8.42 Å². The van der Waals surface area contributed by atoms with Crippen LogP contribution in [0.5, 0.6) is 0 Å². The minimum atomic E-state index is -3.41. The van der Waals surface area contributed by atoms with E-state index in [0.29, 0.717) is 5.69 Å². The van der Waals surface area contributed by atoms with Crippen molar-refractivity contribution in [3.63, 3.8) is 0 Å². The van der Waals surface area contributed by atoms with Crippen molar-refractivity contribution in [3.05, 3.63) is 54.1 Å². The molecule has 0 bridgehead atoms. The van der Waals surface area contributed by atoms with Gasteiger partial charge in [0.1, 0.15) is 24.4 Å². The first-order chi connectivity index (χ1) is 13.7. The molecule has 0 saturated carbocycles. The highest BCUT2D eigenvalue weighted by molar-refractivity contribution is 7.92. The van der Waals surface area contributed by atoms with E-state index in [1.807, 2.05) is 30.3 Å². The fourth-order valence-corrected chi connectivity index (χ4v) is 4.06. The molecule has 0 amide bonds. The number of ether oxygens (including phenoxy) is 1. The predicted octanol–water partition coefficient (Wildman–Crippen LogP) is 0.110. The van der Waals surface area contributed by atoms with Gasteiger partial charge in [0.05, 0.1) is 19.0 Å². The first-order valence-electron chi connectivity index (χ1n) is 9.16. The molecule has 8 nitrogen and oxygen atoms in total. The zero-order valence-electron chi connectivity index (χ0n) is 15.8. The van der Waals surface area contributed by atoms with Crippen molar-refractivity contribution in [1.29, 1.82) is 0 Å². The first kappa shape index (κ1) is 21.7. The number of hydrogen-bond donors (Lipinski definition) is 5. The van der Waals surface area contributed by atoms with E-state index in [-0.39, 0.29) is 6.42 Å². The van der Waals surface area contributed by atoms with E-state index >= 15 is 0 Å². The minimum Gasteiger partial charge on any atom is -0.394 e. The van der Waals surface area contributed by atoms with E-state index in [2.05, 4.69) is 4.72 Å². The second-order valence-corrected chi connectivity index (χ2v) is 8.93. The summed E-state index contributed by atoms with van der Waals surface area (Å²) in [4.78, 5) is 0. The van der Waals surface area contributed by atoms with Crippen molar-refractivity contribution in [2.75, 3.05) is 17.6 Å². The zero-order valence-corrected chi connectivity index (χ0v) is 16.7. The van der Waals surface area contributed by atoms with Gasteiger partial charge in [-0.3, -0.25) is 4.72 Å². The Morgan fingerprint density at radius 2 is 1.66 bits per heavy atom. The second-order valence-electron chi connectivity index (χ2n) is 7.18. The van der Waals surface area contributed by atoms with Crippen molar-refractivity contribution in [1.82, 2.24) is 0 Å². The summed E-state index contributed by atoms with van der Waals surface area (Å²) in [6, 6.07) is 14.3. The van der Waals surface area contributed by atoms with E-state index < -0.39 is 47.2 Å². The van der Waals surface area contributed by atoms with Gasteiger partial charge in [0.15, 0.2) is 0 Å². The monoisotopic (exact) mass is 423 g/mol.